The third-order valence-electron chi connectivity index (χ3n) is 4.66. The van der Waals surface area contributed by atoms with Gasteiger partial charge in [-0.15, -0.1) is 0 Å². The molecule has 5 nitrogen and oxygen atoms in total. The van der Waals surface area contributed by atoms with Gasteiger partial charge in [-0.2, -0.15) is 0 Å². The van der Waals surface area contributed by atoms with E-state index in [1.54, 1.807) is 18.2 Å². The normalized spacial score (nSPS) is 15.6. The number of rotatable bonds is 5. The number of hydrogen-bond acceptors (Lipinski definition) is 4. The second-order valence-corrected chi connectivity index (χ2v) is 6.52. The molecule has 1 saturated carbocycles. The number of benzene rings is 1. The van der Waals surface area contributed by atoms with Crippen LogP contribution in [0.3, 0.4) is 0 Å². The summed E-state index contributed by atoms with van der Waals surface area (Å²) in [6, 6.07) is 6.72. The molecule has 0 atom stereocenters. The summed E-state index contributed by atoms with van der Waals surface area (Å²) in [6.07, 6.45) is 8.08. The zero-order valence-electron chi connectivity index (χ0n) is 14.1. The molecule has 1 heterocycles. The molecule has 0 saturated heterocycles. The average Bonchev–Trinajstić information content (AvgIpc) is 2.86. The summed E-state index contributed by atoms with van der Waals surface area (Å²) < 4.78 is 13.9. The van der Waals surface area contributed by atoms with E-state index in [1.807, 2.05) is 0 Å². The van der Waals surface area contributed by atoms with Gasteiger partial charge in [-0.3, -0.25) is 4.79 Å². The molecule has 0 aliphatic heterocycles. The van der Waals surface area contributed by atoms with Crippen molar-refractivity contribution in [1.82, 2.24) is 9.97 Å². The van der Waals surface area contributed by atoms with E-state index in [4.69, 9.17) is 5.41 Å². The van der Waals surface area contributed by atoms with E-state index in [1.165, 1.54) is 18.9 Å². The molecule has 0 radical (unpaired) electrons. The molecule has 3 rings (SSSR count). The Hall–Kier alpha value is -2.50. The number of nitrogens with zero attached hydrogens (tertiary/aromatic N) is 1. The molecular weight excluding hydrogens is 319 g/mol. The zero-order valence-corrected chi connectivity index (χ0v) is 14.1. The summed E-state index contributed by atoms with van der Waals surface area (Å²) in [6.45, 7) is 0. The lowest BCUT2D eigenvalue weighted by Gasteiger charge is -2.18. The van der Waals surface area contributed by atoms with Gasteiger partial charge in [0.2, 0.25) is 0 Å². The largest absolute Gasteiger partial charge is 0.367 e. The molecule has 2 aromatic rings. The van der Waals surface area contributed by atoms with Crippen LogP contribution in [0.15, 0.2) is 29.1 Å². The number of nitrogens with one attached hydrogen (secondary N) is 3. The molecule has 1 fully saturated rings. The minimum Gasteiger partial charge on any atom is -0.367 e. The first-order valence-corrected chi connectivity index (χ1v) is 8.81. The monoisotopic (exact) mass is 342 g/mol. The average molecular weight is 342 g/mol. The summed E-state index contributed by atoms with van der Waals surface area (Å²) in [4.78, 5) is 19.4. The fourth-order valence-corrected chi connectivity index (χ4v) is 3.30. The van der Waals surface area contributed by atoms with Crippen LogP contribution in [0.2, 0.25) is 0 Å². The maximum atomic E-state index is 13.9. The van der Waals surface area contributed by atoms with Crippen molar-refractivity contribution in [2.75, 3.05) is 5.32 Å². The van der Waals surface area contributed by atoms with Crippen molar-refractivity contribution in [3.63, 3.8) is 0 Å². The van der Waals surface area contributed by atoms with Crippen molar-refractivity contribution < 1.29 is 4.39 Å². The van der Waals surface area contributed by atoms with Gasteiger partial charge in [0.25, 0.3) is 5.56 Å². The van der Waals surface area contributed by atoms with Gasteiger partial charge in [-0.05, 0) is 24.5 Å². The number of aromatic nitrogens is 2. The second kappa shape index (κ2) is 8.05. The lowest BCUT2D eigenvalue weighted by molar-refractivity contribution is 0.610. The van der Waals surface area contributed by atoms with Crippen molar-refractivity contribution in [3.8, 4) is 0 Å². The highest BCUT2D eigenvalue weighted by molar-refractivity contribution is 5.83. The zero-order chi connectivity index (χ0) is 17.6. The predicted molar refractivity (Wildman–Crippen MR) is 97.1 cm³/mol. The standard InChI is InChI=1S/C19H23FN4O/c20-16-10-6-5-7-13(16)11-17-23-18(15(12-21)19(25)24-17)22-14-8-3-1-2-4-9-14/h5-7,10,12,14,21H,1-4,8-9,11H2,(H2,22,23,24,25). The van der Waals surface area contributed by atoms with Gasteiger partial charge in [0.15, 0.2) is 0 Å². The second-order valence-electron chi connectivity index (χ2n) is 6.52. The van der Waals surface area contributed by atoms with E-state index < -0.39 is 0 Å². The lowest BCUT2D eigenvalue weighted by atomic mass is 10.1. The van der Waals surface area contributed by atoms with Crippen molar-refractivity contribution in [2.45, 2.75) is 51.0 Å². The molecule has 0 amide bonds. The molecule has 1 aromatic heterocycles. The number of aromatic amines is 1. The summed E-state index contributed by atoms with van der Waals surface area (Å²) >= 11 is 0. The number of anilines is 1. The van der Waals surface area contributed by atoms with E-state index in [0.29, 0.717) is 17.2 Å². The highest BCUT2D eigenvalue weighted by Crippen LogP contribution is 2.21. The van der Waals surface area contributed by atoms with E-state index in [2.05, 4.69) is 15.3 Å². The Labute approximate surface area is 146 Å². The molecule has 0 spiro atoms. The number of H-pyrrole nitrogens is 1. The maximum Gasteiger partial charge on any atom is 0.261 e. The van der Waals surface area contributed by atoms with Gasteiger partial charge in [-0.25, -0.2) is 9.37 Å². The van der Waals surface area contributed by atoms with Crippen LogP contribution in [0.1, 0.15) is 55.5 Å². The van der Waals surface area contributed by atoms with Gasteiger partial charge in [0.05, 0.1) is 5.56 Å². The quantitative estimate of drug-likeness (QED) is 0.573. The SMILES string of the molecule is N=Cc1c(NC2CCCCCC2)nc(Cc2ccccc2F)[nH]c1=O. The molecule has 0 unspecified atom stereocenters. The number of hydrogen-bond donors (Lipinski definition) is 3. The molecule has 1 aliphatic rings. The molecule has 1 aliphatic carbocycles. The Morgan fingerprint density at radius 1 is 1.24 bits per heavy atom. The van der Waals surface area contributed by atoms with Crippen LogP contribution >= 0.6 is 0 Å². The Morgan fingerprint density at radius 3 is 2.64 bits per heavy atom. The summed E-state index contributed by atoms with van der Waals surface area (Å²) in [7, 11) is 0. The number of halogens is 1. The van der Waals surface area contributed by atoms with Crippen LogP contribution in [0.4, 0.5) is 10.2 Å². The van der Waals surface area contributed by atoms with Crippen LogP contribution < -0.4 is 10.9 Å². The minimum absolute atomic E-state index is 0.208. The topological polar surface area (TPSA) is 81.6 Å². The Kier molecular flexibility index (Phi) is 5.58. The summed E-state index contributed by atoms with van der Waals surface area (Å²) in [5.41, 5.74) is 0.336. The molecule has 1 aromatic carbocycles. The van der Waals surface area contributed by atoms with Crippen LogP contribution in [0, 0.1) is 11.2 Å². The van der Waals surface area contributed by atoms with Crippen molar-refractivity contribution in [2.24, 2.45) is 0 Å². The van der Waals surface area contributed by atoms with E-state index in [0.717, 1.165) is 31.9 Å². The highest BCUT2D eigenvalue weighted by atomic mass is 19.1. The molecule has 0 bridgehead atoms. The third kappa shape index (κ3) is 4.32. The summed E-state index contributed by atoms with van der Waals surface area (Å²) in [5, 5.41) is 10.9. The van der Waals surface area contributed by atoms with Crippen molar-refractivity contribution in [1.29, 1.82) is 5.41 Å². The van der Waals surface area contributed by atoms with Gasteiger partial charge in [0, 0.05) is 18.7 Å². The van der Waals surface area contributed by atoms with Crippen LogP contribution in [-0.4, -0.2) is 22.2 Å². The minimum atomic E-state index is -0.368. The van der Waals surface area contributed by atoms with Crippen LogP contribution in [0.5, 0.6) is 0 Å². The van der Waals surface area contributed by atoms with Gasteiger partial charge >= 0.3 is 0 Å². The first-order chi connectivity index (χ1) is 12.2. The Bertz CT molecular complexity index is 794. The predicted octanol–water partition coefficient (Wildman–Crippen LogP) is 3.63. The Morgan fingerprint density at radius 2 is 1.96 bits per heavy atom. The van der Waals surface area contributed by atoms with E-state index in [-0.39, 0.29) is 29.4 Å². The van der Waals surface area contributed by atoms with Gasteiger partial charge in [0.1, 0.15) is 17.5 Å². The molecule has 25 heavy (non-hydrogen) atoms. The third-order valence-corrected chi connectivity index (χ3v) is 4.66. The first kappa shape index (κ1) is 17.3. The molecular formula is C19H23FN4O. The van der Waals surface area contributed by atoms with Crippen molar-refractivity contribution >= 4 is 12.0 Å². The van der Waals surface area contributed by atoms with Crippen LogP contribution in [-0.2, 0) is 6.42 Å². The van der Waals surface area contributed by atoms with Gasteiger partial charge < -0.3 is 15.7 Å². The first-order valence-electron chi connectivity index (χ1n) is 8.81. The Balaban J connectivity index is 1.88. The van der Waals surface area contributed by atoms with Gasteiger partial charge in [-0.1, -0.05) is 43.9 Å². The summed E-state index contributed by atoms with van der Waals surface area (Å²) in [5.74, 6) is 0.508. The molecule has 6 heteroatoms. The highest BCUT2D eigenvalue weighted by Gasteiger charge is 2.17. The van der Waals surface area contributed by atoms with E-state index in [9.17, 15) is 9.18 Å². The molecule has 3 N–H and O–H groups in total. The lowest BCUT2D eigenvalue weighted by Crippen LogP contribution is -2.25. The van der Waals surface area contributed by atoms with Crippen LogP contribution in [0.25, 0.3) is 0 Å². The fourth-order valence-electron chi connectivity index (χ4n) is 3.30. The fraction of sp³-hybridized carbons (Fsp3) is 0.421. The smallest absolute Gasteiger partial charge is 0.261 e. The van der Waals surface area contributed by atoms with Crippen molar-refractivity contribution in [3.05, 3.63) is 57.4 Å². The molecule has 132 valence electrons. The maximum absolute atomic E-state index is 13.9. The van der Waals surface area contributed by atoms with E-state index >= 15 is 0 Å².